The van der Waals surface area contributed by atoms with Gasteiger partial charge in [0.15, 0.2) is 0 Å². The normalized spacial score (nSPS) is 12.3. The lowest BCUT2D eigenvalue weighted by atomic mass is 10.1. The summed E-state index contributed by atoms with van der Waals surface area (Å²) in [5, 5.41) is 16.6. The zero-order chi connectivity index (χ0) is 18.1. The summed E-state index contributed by atoms with van der Waals surface area (Å²) in [5.41, 5.74) is 0.415. The quantitative estimate of drug-likeness (QED) is 0.543. The molecule has 2 aromatic carbocycles. The maximum absolute atomic E-state index is 12.4. The zero-order valence-corrected chi connectivity index (χ0v) is 14.5. The van der Waals surface area contributed by atoms with Gasteiger partial charge in [0.1, 0.15) is 11.1 Å². The van der Waals surface area contributed by atoms with Crippen LogP contribution in [-0.2, 0) is 0 Å². The minimum atomic E-state index is -0.859. The van der Waals surface area contributed by atoms with Crippen LogP contribution in [0.5, 0.6) is 0 Å². The van der Waals surface area contributed by atoms with Gasteiger partial charge in [-0.2, -0.15) is 0 Å². The molecule has 2 heterocycles. The Morgan fingerprint density at radius 1 is 1.15 bits per heavy atom. The van der Waals surface area contributed by atoms with Crippen molar-refractivity contribution in [2.24, 2.45) is 0 Å². The summed E-state index contributed by atoms with van der Waals surface area (Å²) in [5.74, 6) is -0.567. The number of rotatable bonds is 4. The summed E-state index contributed by atoms with van der Waals surface area (Å²) in [4.78, 5) is 24.4. The van der Waals surface area contributed by atoms with Crippen LogP contribution >= 0.6 is 11.3 Å². The number of nitrogens with one attached hydrogen (secondary N) is 1. The minimum absolute atomic E-state index is 0.00578. The maximum Gasteiger partial charge on any atom is 0.349 e. The highest BCUT2D eigenvalue weighted by Crippen LogP contribution is 2.29. The Bertz CT molecular complexity index is 1160. The van der Waals surface area contributed by atoms with Gasteiger partial charge in [-0.05, 0) is 29.0 Å². The fourth-order valence-electron chi connectivity index (χ4n) is 2.87. The first kappa shape index (κ1) is 16.5. The molecule has 0 fully saturated rings. The van der Waals surface area contributed by atoms with Gasteiger partial charge in [0.05, 0.1) is 6.10 Å². The highest BCUT2D eigenvalue weighted by atomic mass is 32.1. The molecule has 0 bridgehead atoms. The van der Waals surface area contributed by atoms with E-state index in [9.17, 15) is 14.7 Å². The van der Waals surface area contributed by atoms with Crippen molar-refractivity contribution < 1.29 is 14.3 Å². The summed E-state index contributed by atoms with van der Waals surface area (Å²) in [6.45, 7) is 0.00578. The molecule has 0 aliphatic carbocycles. The van der Waals surface area contributed by atoms with E-state index in [-0.39, 0.29) is 12.1 Å². The SMILES string of the molecule is O=C(NCC(O)c1csc2ccccc12)c1cc2ccccc2oc1=O. The molecule has 6 heteroatoms. The van der Waals surface area contributed by atoms with E-state index in [2.05, 4.69) is 5.32 Å². The molecule has 0 saturated carbocycles. The van der Waals surface area contributed by atoms with Gasteiger partial charge < -0.3 is 14.8 Å². The second-order valence-corrected chi connectivity index (χ2v) is 6.81. The van der Waals surface area contributed by atoms with E-state index >= 15 is 0 Å². The van der Waals surface area contributed by atoms with Crippen molar-refractivity contribution >= 4 is 38.3 Å². The molecule has 1 atom stereocenters. The number of hydrogen-bond donors (Lipinski definition) is 2. The summed E-state index contributed by atoms with van der Waals surface area (Å²) in [6.07, 6.45) is -0.859. The number of hydrogen-bond acceptors (Lipinski definition) is 5. The van der Waals surface area contributed by atoms with Crippen LogP contribution in [-0.4, -0.2) is 17.6 Å². The topological polar surface area (TPSA) is 79.5 Å². The Morgan fingerprint density at radius 2 is 1.92 bits per heavy atom. The minimum Gasteiger partial charge on any atom is -0.422 e. The Hall–Kier alpha value is -2.96. The molecular formula is C20H15NO4S. The molecule has 0 aliphatic rings. The highest BCUT2D eigenvalue weighted by molar-refractivity contribution is 7.17. The Morgan fingerprint density at radius 3 is 2.81 bits per heavy atom. The van der Waals surface area contributed by atoms with E-state index < -0.39 is 17.6 Å². The van der Waals surface area contributed by atoms with Crippen molar-refractivity contribution in [2.45, 2.75) is 6.10 Å². The Labute approximate surface area is 152 Å². The van der Waals surface area contributed by atoms with Crippen molar-refractivity contribution in [3.8, 4) is 0 Å². The van der Waals surface area contributed by atoms with Gasteiger partial charge in [-0.25, -0.2) is 4.79 Å². The number of para-hydroxylation sites is 1. The fraction of sp³-hybridized carbons (Fsp3) is 0.100. The average Bonchev–Trinajstić information content (AvgIpc) is 3.09. The summed E-state index contributed by atoms with van der Waals surface area (Å²) < 4.78 is 6.25. The molecule has 2 N–H and O–H groups in total. The maximum atomic E-state index is 12.4. The molecule has 0 aliphatic heterocycles. The number of amides is 1. The molecule has 130 valence electrons. The van der Waals surface area contributed by atoms with E-state index in [1.54, 1.807) is 24.3 Å². The molecular weight excluding hydrogens is 350 g/mol. The van der Waals surface area contributed by atoms with Crippen LogP contribution in [0, 0.1) is 0 Å². The number of aliphatic hydroxyl groups excluding tert-OH is 1. The smallest absolute Gasteiger partial charge is 0.349 e. The Kier molecular flexibility index (Phi) is 4.28. The first-order valence-electron chi connectivity index (χ1n) is 8.09. The van der Waals surface area contributed by atoms with Gasteiger partial charge in [0.25, 0.3) is 5.91 Å². The number of carbonyl (C=O) groups is 1. The van der Waals surface area contributed by atoms with Crippen molar-refractivity contribution in [3.05, 3.63) is 81.5 Å². The van der Waals surface area contributed by atoms with Crippen molar-refractivity contribution in [3.63, 3.8) is 0 Å². The number of carbonyl (C=O) groups excluding carboxylic acids is 1. The molecule has 0 radical (unpaired) electrons. The van der Waals surface area contributed by atoms with Gasteiger partial charge in [-0.3, -0.25) is 4.79 Å². The Balaban J connectivity index is 1.53. The van der Waals surface area contributed by atoms with E-state index in [4.69, 9.17) is 4.42 Å². The zero-order valence-electron chi connectivity index (χ0n) is 13.6. The van der Waals surface area contributed by atoms with Crippen LogP contribution in [0.1, 0.15) is 22.0 Å². The number of benzene rings is 2. The molecule has 5 nitrogen and oxygen atoms in total. The predicted molar refractivity (Wildman–Crippen MR) is 102 cm³/mol. The molecule has 4 rings (SSSR count). The monoisotopic (exact) mass is 365 g/mol. The van der Waals surface area contributed by atoms with Crippen LogP contribution in [0.3, 0.4) is 0 Å². The van der Waals surface area contributed by atoms with Crippen LogP contribution in [0.15, 0.2) is 69.2 Å². The molecule has 0 spiro atoms. The van der Waals surface area contributed by atoms with Gasteiger partial charge >= 0.3 is 5.63 Å². The largest absolute Gasteiger partial charge is 0.422 e. The van der Waals surface area contributed by atoms with Gasteiger partial charge in [-0.1, -0.05) is 36.4 Å². The van der Waals surface area contributed by atoms with Gasteiger partial charge in [-0.15, -0.1) is 11.3 Å². The molecule has 26 heavy (non-hydrogen) atoms. The van der Waals surface area contributed by atoms with E-state index in [0.717, 1.165) is 15.6 Å². The average molecular weight is 365 g/mol. The van der Waals surface area contributed by atoms with E-state index in [1.165, 1.54) is 17.4 Å². The van der Waals surface area contributed by atoms with Gasteiger partial charge in [0.2, 0.25) is 0 Å². The number of thiophene rings is 1. The lowest BCUT2D eigenvalue weighted by molar-refractivity contribution is 0.0913. The number of fused-ring (bicyclic) bond motifs is 2. The second kappa shape index (κ2) is 6.74. The van der Waals surface area contributed by atoms with Crippen LogP contribution in [0.4, 0.5) is 0 Å². The second-order valence-electron chi connectivity index (χ2n) is 5.90. The third kappa shape index (κ3) is 3.00. The lowest BCUT2D eigenvalue weighted by Gasteiger charge is -2.11. The van der Waals surface area contributed by atoms with Crippen molar-refractivity contribution in [1.82, 2.24) is 5.32 Å². The van der Waals surface area contributed by atoms with Gasteiger partial charge in [0, 0.05) is 22.2 Å². The summed E-state index contributed by atoms with van der Waals surface area (Å²) in [6, 6.07) is 16.3. The summed E-state index contributed by atoms with van der Waals surface area (Å²) >= 11 is 1.54. The molecule has 1 amide bonds. The van der Waals surface area contributed by atoms with E-state index in [1.807, 2.05) is 29.6 Å². The van der Waals surface area contributed by atoms with Crippen LogP contribution in [0.25, 0.3) is 21.1 Å². The van der Waals surface area contributed by atoms with Crippen LogP contribution in [0.2, 0.25) is 0 Å². The van der Waals surface area contributed by atoms with E-state index in [0.29, 0.717) is 11.0 Å². The predicted octanol–water partition coefficient (Wildman–Crippen LogP) is 3.47. The standard InChI is InChI=1S/C20H15NO4S/c22-16(15-11-26-18-8-4-2-6-13(15)18)10-21-19(23)14-9-12-5-1-3-7-17(12)25-20(14)24/h1-9,11,16,22H,10H2,(H,21,23). The third-order valence-electron chi connectivity index (χ3n) is 4.21. The molecule has 2 aromatic heterocycles. The lowest BCUT2D eigenvalue weighted by Crippen LogP contribution is -2.31. The first-order chi connectivity index (χ1) is 12.6. The highest BCUT2D eigenvalue weighted by Gasteiger charge is 2.17. The molecule has 4 aromatic rings. The van der Waals surface area contributed by atoms with Crippen LogP contribution < -0.4 is 10.9 Å². The van der Waals surface area contributed by atoms with Crippen molar-refractivity contribution in [1.29, 1.82) is 0 Å². The summed E-state index contributed by atoms with van der Waals surface area (Å²) in [7, 11) is 0. The first-order valence-corrected chi connectivity index (χ1v) is 8.97. The third-order valence-corrected chi connectivity index (χ3v) is 5.19. The molecule has 1 unspecified atom stereocenters. The molecule has 0 saturated heterocycles. The number of aliphatic hydroxyl groups is 1. The van der Waals surface area contributed by atoms with Crippen molar-refractivity contribution in [2.75, 3.05) is 6.54 Å². The fourth-order valence-corrected chi connectivity index (χ4v) is 3.88.